The molecule has 0 unspecified atom stereocenters. The Morgan fingerprint density at radius 1 is 1.00 bits per heavy atom. The standard InChI is InChI=1S/C20H23FN2O2/c21-15-6-8-17(9-7-15)23-20(25)19(14-4-2-1-3-5-14)22-16-10-12-18(24)13-11-16/h1-9,16,18-19,22,24H,10-13H2,(H,23,25)/t16?,18?,19-/m0/s1. The van der Waals surface area contributed by atoms with Crippen molar-refractivity contribution in [1.29, 1.82) is 0 Å². The molecule has 2 aromatic rings. The van der Waals surface area contributed by atoms with Crippen molar-refractivity contribution in [3.05, 3.63) is 66.0 Å². The molecule has 1 amide bonds. The zero-order valence-corrected chi connectivity index (χ0v) is 14.0. The van der Waals surface area contributed by atoms with E-state index in [9.17, 15) is 14.3 Å². The van der Waals surface area contributed by atoms with Gasteiger partial charge in [0.25, 0.3) is 0 Å². The van der Waals surface area contributed by atoms with E-state index in [1.165, 1.54) is 12.1 Å². The van der Waals surface area contributed by atoms with Crippen molar-refractivity contribution in [2.45, 2.75) is 43.9 Å². The Hall–Kier alpha value is -2.24. The first-order valence-corrected chi connectivity index (χ1v) is 8.67. The number of nitrogens with one attached hydrogen (secondary N) is 2. The molecule has 25 heavy (non-hydrogen) atoms. The molecular formula is C20H23FN2O2. The summed E-state index contributed by atoms with van der Waals surface area (Å²) in [6, 6.07) is 15.0. The van der Waals surface area contributed by atoms with Crippen LogP contribution in [-0.4, -0.2) is 23.2 Å². The van der Waals surface area contributed by atoms with E-state index >= 15 is 0 Å². The molecule has 132 valence electrons. The summed E-state index contributed by atoms with van der Waals surface area (Å²) in [4.78, 5) is 12.8. The van der Waals surface area contributed by atoms with Crippen molar-refractivity contribution in [2.75, 3.05) is 5.32 Å². The number of aliphatic hydroxyl groups is 1. The lowest BCUT2D eigenvalue weighted by Crippen LogP contribution is -2.42. The smallest absolute Gasteiger partial charge is 0.246 e. The lowest BCUT2D eigenvalue weighted by Gasteiger charge is -2.30. The van der Waals surface area contributed by atoms with Crippen molar-refractivity contribution < 1.29 is 14.3 Å². The van der Waals surface area contributed by atoms with Gasteiger partial charge in [0.15, 0.2) is 0 Å². The SMILES string of the molecule is O=C(Nc1ccc(F)cc1)[C@@H](NC1CCC(O)CC1)c1ccccc1. The zero-order valence-electron chi connectivity index (χ0n) is 14.0. The fourth-order valence-electron chi connectivity index (χ4n) is 3.19. The largest absolute Gasteiger partial charge is 0.393 e. The molecular weight excluding hydrogens is 319 g/mol. The number of carbonyl (C=O) groups is 1. The minimum Gasteiger partial charge on any atom is -0.393 e. The molecule has 0 heterocycles. The molecule has 3 rings (SSSR count). The molecule has 0 radical (unpaired) electrons. The maximum absolute atomic E-state index is 13.0. The van der Waals surface area contributed by atoms with Crippen LogP contribution in [0.25, 0.3) is 0 Å². The van der Waals surface area contributed by atoms with Crippen LogP contribution in [0.2, 0.25) is 0 Å². The van der Waals surface area contributed by atoms with E-state index < -0.39 is 6.04 Å². The summed E-state index contributed by atoms with van der Waals surface area (Å²) in [6.45, 7) is 0. The highest BCUT2D eigenvalue weighted by Crippen LogP contribution is 2.23. The summed E-state index contributed by atoms with van der Waals surface area (Å²) in [7, 11) is 0. The fourth-order valence-corrected chi connectivity index (χ4v) is 3.19. The second-order valence-corrected chi connectivity index (χ2v) is 6.51. The number of carbonyl (C=O) groups excluding carboxylic acids is 1. The van der Waals surface area contributed by atoms with E-state index in [4.69, 9.17) is 0 Å². The minimum atomic E-state index is -0.494. The highest BCUT2D eigenvalue weighted by atomic mass is 19.1. The van der Waals surface area contributed by atoms with Crippen molar-refractivity contribution >= 4 is 11.6 Å². The monoisotopic (exact) mass is 342 g/mol. The number of anilines is 1. The number of amides is 1. The topological polar surface area (TPSA) is 61.4 Å². The van der Waals surface area contributed by atoms with Crippen LogP contribution in [0.4, 0.5) is 10.1 Å². The summed E-state index contributed by atoms with van der Waals surface area (Å²) in [5.74, 6) is -0.513. The first kappa shape index (κ1) is 17.6. The van der Waals surface area contributed by atoms with Crippen molar-refractivity contribution in [2.24, 2.45) is 0 Å². The van der Waals surface area contributed by atoms with E-state index in [-0.39, 0.29) is 23.9 Å². The van der Waals surface area contributed by atoms with E-state index in [0.29, 0.717) is 5.69 Å². The van der Waals surface area contributed by atoms with Crippen LogP contribution in [0.5, 0.6) is 0 Å². The first-order chi connectivity index (χ1) is 12.1. The molecule has 0 bridgehead atoms. The average molecular weight is 342 g/mol. The number of halogens is 1. The van der Waals surface area contributed by atoms with Gasteiger partial charge in [-0.25, -0.2) is 4.39 Å². The normalized spacial score (nSPS) is 21.5. The third-order valence-electron chi connectivity index (χ3n) is 4.61. The third kappa shape index (κ3) is 4.87. The van der Waals surface area contributed by atoms with Gasteiger partial charge in [0, 0.05) is 11.7 Å². The number of hydrogen-bond acceptors (Lipinski definition) is 3. The van der Waals surface area contributed by atoms with Gasteiger partial charge in [-0.2, -0.15) is 0 Å². The Kier molecular flexibility index (Phi) is 5.79. The molecule has 1 saturated carbocycles. The fraction of sp³-hybridized carbons (Fsp3) is 0.350. The van der Waals surface area contributed by atoms with Gasteiger partial charge >= 0.3 is 0 Å². The highest BCUT2D eigenvalue weighted by molar-refractivity contribution is 5.95. The number of aliphatic hydroxyl groups excluding tert-OH is 1. The predicted octanol–water partition coefficient (Wildman–Crippen LogP) is 3.40. The molecule has 0 spiro atoms. The van der Waals surface area contributed by atoms with Gasteiger partial charge in [-0.1, -0.05) is 30.3 Å². The second-order valence-electron chi connectivity index (χ2n) is 6.51. The summed E-state index contributed by atoms with van der Waals surface area (Å²) in [5.41, 5.74) is 1.45. The quantitative estimate of drug-likeness (QED) is 0.780. The Morgan fingerprint density at radius 3 is 2.28 bits per heavy atom. The first-order valence-electron chi connectivity index (χ1n) is 8.67. The maximum atomic E-state index is 13.0. The Balaban J connectivity index is 1.73. The summed E-state index contributed by atoms with van der Waals surface area (Å²) in [6.07, 6.45) is 2.95. The van der Waals surface area contributed by atoms with Gasteiger partial charge in [0.05, 0.1) is 6.10 Å². The number of benzene rings is 2. The van der Waals surface area contributed by atoms with Crippen LogP contribution in [0.15, 0.2) is 54.6 Å². The van der Waals surface area contributed by atoms with Gasteiger partial charge in [-0.05, 0) is 55.5 Å². The summed E-state index contributed by atoms with van der Waals surface area (Å²) < 4.78 is 13.0. The van der Waals surface area contributed by atoms with Gasteiger partial charge in [0.1, 0.15) is 11.9 Å². The molecule has 1 atom stereocenters. The predicted molar refractivity (Wildman–Crippen MR) is 95.6 cm³/mol. The summed E-state index contributed by atoms with van der Waals surface area (Å²) >= 11 is 0. The third-order valence-corrected chi connectivity index (χ3v) is 4.61. The van der Waals surface area contributed by atoms with E-state index in [1.807, 2.05) is 30.3 Å². The van der Waals surface area contributed by atoms with Crippen LogP contribution in [0.3, 0.4) is 0 Å². The molecule has 0 aliphatic heterocycles. The van der Waals surface area contributed by atoms with Gasteiger partial charge in [-0.3, -0.25) is 10.1 Å². The lowest BCUT2D eigenvalue weighted by molar-refractivity contribution is -0.118. The van der Waals surface area contributed by atoms with Gasteiger partial charge in [0.2, 0.25) is 5.91 Å². The van der Waals surface area contributed by atoms with Crippen molar-refractivity contribution in [3.63, 3.8) is 0 Å². The van der Waals surface area contributed by atoms with Crippen LogP contribution >= 0.6 is 0 Å². The van der Waals surface area contributed by atoms with Crippen LogP contribution in [0.1, 0.15) is 37.3 Å². The molecule has 1 aliphatic rings. The lowest BCUT2D eigenvalue weighted by atomic mass is 9.92. The molecule has 1 aliphatic carbocycles. The van der Waals surface area contributed by atoms with E-state index in [0.717, 1.165) is 31.2 Å². The molecule has 2 aromatic carbocycles. The molecule has 4 nitrogen and oxygen atoms in total. The van der Waals surface area contributed by atoms with Crippen molar-refractivity contribution in [1.82, 2.24) is 5.32 Å². The molecule has 1 fully saturated rings. The van der Waals surface area contributed by atoms with Gasteiger partial charge < -0.3 is 10.4 Å². The van der Waals surface area contributed by atoms with E-state index in [1.54, 1.807) is 12.1 Å². The minimum absolute atomic E-state index is 0.177. The van der Waals surface area contributed by atoms with Crippen LogP contribution < -0.4 is 10.6 Å². The molecule has 0 aromatic heterocycles. The molecule has 3 N–H and O–H groups in total. The van der Waals surface area contributed by atoms with E-state index in [2.05, 4.69) is 10.6 Å². The average Bonchev–Trinajstić information content (AvgIpc) is 2.64. The van der Waals surface area contributed by atoms with Crippen LogP contribution in [-0.2, 0) is 4.79 Å². The Morgan fingerprint density at radius 2 is 1.64 bits per heavy atom. The maximum Gasteiger partial charge on any atom is 0.246 e. The van der Waals surface area contributed by atoms with Crippen molar-refractivity contribution in [3.8, 4) is 0 Å². The molecule has 5 heteroatoms. The zero-order chi connectivity index (χ0) is 17.6. The number of rotatable bonds is 5. The highest BCUT2D eigenvalue weighted by Gasteiger charge is 2.26. The Labute approximate surface area is 147 Å². The van der Waals surface area contributed by atoms with Crippen LogP contribution in [0, 0.1) is 5.82 Å². The second kappa shape index (κ2) is 8.23. The summed E-state index contributed by atoms with van der Waals surface area (Å²) in [5, 5.41) is 15.9. The van der Waals surface area contributed by atoms with Gasteiger partial charge in [-0.15, -0.1) is 0 Å². The number of hydrogen-bond donors (Lipinski definition) is 3. The molecule has 0 saturated heterocycles. The Bertz CT molecular complexity index is 683.